The molecule has 1 N–H and O–H groups in total. The van der Waals surface area contributed by atoms with Gasteiger partial charge in [0.2, 0.25) is 0 Å². The van der Waals surface area contributed by atoms with Gasteiger partial charge in [-0.2, -0.15) is 0 Å². The number of rotatable bonds is 5. The third-order valence-corrected chi connectivity index (χ3v) is 4.62. The van der Waals surface area contributed by atoms with Crippen molar-refractivity contribution in [3.05, 3.63) is 53.7 Å². The maximum Gasteiger partial charge on any atom is 0.338 e. The predicted molar refractivity (Wildman–Crippen MR) is 104 cm³/mol. The summed E-state index contributed by atoms with van der Waals surface area (Å²) in [5.41, 5.74) is 1.92. The lowest BCUT2D eigenvalue weighted by Crippen LogP contribution is -2.39. The second kappa shape index (κ2) is 8.66. The Bertz CT molecular complexity index is 787. The van der Waals surface area contributed by atoms with Gasteiger partial charge in [-0.3, -0.25) is 4.79 Å². The normalized spacial score (nSPS) is 16.7. The number of carbonyl (C=O) groups excluding carboxylic acids is 2. The standard InChI is InChI=1S/C21H25N3O3/c1-3-27-21(26)16-6-9-18(10-7-16)23-19-11-8-17(13-22-19)20(25)24-12-4-5-15(2)14-24/h6-11,13,15H,3-5,12,14H2,1-2H3,(H,22,23). The van der Waals surface area contributed by atoms with Gasteiger partial charge in [-0.25, -0.2) is 9.78 Å². The van der Waals surface area contributed by atoms with Gasteiger partial charge in [-0.15, -0.1) is 0 Å². The monoisotopic (exact) mass is 367 g/mol. The number of piperidine rings is 1. The molecule has 27 heavy (non-hydrogen) atoms. The Balaban J connectivity index is 1.62. The second-order valence-corrected chi connectivity index (χ2v) is 6.85. The highest BCUT2D eigenvalue weighted by atomic mass is 16.5. The fraction of sp³-hybridized carbons (Fsp3) is 0.381. The predicted octanol–water partition coefficient (Wildman–Crippen LogP) is 3.87. The Morgan fingerprint density at radius 2 is 1.93 bits per heavy atom. The third kappa shape index (κ3) is 4.84. The highest BCUT2D eigenvalue weighted by Gasteiger charge is 2.22. The van der Waals surface area contributed by atoms with Gasteiger partial charge in [-0.1, -0.05) is 6.92 Å². The van der Waals surface area contributed by atoms with Crippen LogP contribution in [0.2, 0.25) is 0 Å². The van der Waals surface area contributed by atoms with Gasteiger partial charge in [0.1, 0.15) is 5.82 Å². The molecule has 1 aliphatic rings. The number of nitrogens with one attached hydrogen (secondary N) is 1. The van der Waals surface area contributed by atoms with Crippen LogP contribution in [0.25, 0.3) is 0 Å². The molecule has 1 unspecified atom stereocenters. The summed E-state index contributed by atoms with van der Waals surface area (Å²) in [7, 11) is 0. The van der Waals surface area contributed by atoms with Gasteiger partial charge >= 0.3 is 5.97 Å². The average Bonchev–Trinajstić information content (AvgIpc) is 2.69. The Hall–Kier alpha value is -2.89. The number of hydrogen-bond acceptors (Lipinski definition) is 5. The Morgan fingerprint density at radius 3 is 2.56 bits per heavy atom. The summed E-state index contributed by atoms with van der Waals surface area (Å²) in [5, 5.41) is 3.17. The molecule has 6 heteroatoms. The van der Waals surface area contributed by atoms with E-state index < -0.39 is 0 Å². The van der Waals surface area contributed by atoms with Crippen LogP contribution >= 0.6 is 0 Å². The number of esters is 1. The number of amides is 1. The molecule has 3 rings (SSSR count). The van der Waals surface area contributed by atoms with Gasteiger partial charge in [0.25, 0.3) is 5.91 Å². The van der Waals surface area contributed by atoms with E-state index in [1.165, 1.54) is 6.42 Å². The molecule has 1 saturated heterocycles. The quantitative estimate of drug-likeness (QED) is 0.812. The van der Waals surface area contributed by atoms with Gasteiger partial charge in [0.05, 0.1) is 17.7 Å². The van der Waals surface area contributed by atoms with Gasteiger partial charge < -0.3 is 15.0 Å². The Labute approximate surface area is 159 Å². The van der Waals surface area contributed by atoms with Crippen LogP contribution in [-0.4, -0.2) is 41.5 Å². The highest BCUT2D eigenvalue weighted by molar-refractivity contribution is 5.94. The number of pyridine rings is 1. The van der Waals surface area contributed by atoms with Crippen molar-refractivity contribution in [3.63, 3.8) is 0 Å². The van der Waals surface area contributed by atoms with Gasteiger partial charge in [0, 0.05) is 25.0 Å². The van der Waals surface area contributed by atoms with Crippen LogP contribution in [0.5, 0.6) is 0 Å². The van der Waals surface area contributed by atoms with E-state index in [0.717, 1.165) is 25.2 Å². The number of nitrogens with zero attached hydrogens (tertiary/aromatic N) is 2. The van der Waals surface area contributed by atoms with E-state index in [2.05, 4.69) is 17.2 Å². The minimum Gasteiger partial charge on any atom is -0.462 e. The maximum atomic E-state index is 12.6. The molecule has 142 valence electrons. The molecule has 6 nitrogen and oxygen atoms in total. The van der Waals surface area contributed by atoms with E-state index in [1.807, 2.05) is 4.90 Å². The first-order valence-electron chi connectivity index (χ1n) is 9.36. The van der Waals surface area contributed by atoms with Crippen LogP contribution in [0.4, 0.5) is 11.5 Å². The zero-order valence-corrected chi connectivity index (χ0v) is 15.8. The largest absolute Gasteiger partial charge is 0.462 e. The number of likely N-dealkylation sites (tertiary alicyclic amines) is 1. The molecule has 0 aliphatic carbocycles. The molecule has 1 aliphatic heterocycles. The van der Waals surface area contributed by atoms with Gasteiger partial charge in [-0.05, 0) is 62.1 Å². The molecular weight excluding hydrogens is 342 g/mol. The molecule has 0 bridgehead atoms. The van der Waals surface area contributed by atoms with E-state index in [0.29, 0.717) is 29.5 Å². The van der Waals surface area contributed by atoms with Crippen LogP contribution in [0.1, 0.15) is 47.4 Å². The molecule has 0 radical (unpaired) electrons. The third-order valence-electron chi connectivity index (χ3n) is 4.62. The zero-order chi connectivity index (χ0) is 19.2. The van der Waals surface area contributed by atoms with E-state index in [9.17, 15) is 9.59 Å². The molecule has 1 aromatic carbocycles. The molecule has 0 saturated carbocycles. The minimum absolute atomic E-state index is 0.0411. The van der Waals surface area contributed by atoms with Crippen molar-refractivity contribution in [2.45, 2.75) is 26.7 Å². The lowest BCUT2D eigenvalue weighted by Gasteiger charge is -2.30. The summed E-state index contributed by atoms with van der Waals surface area (Å²) in [4.78, 5) is 30.5. The number of hydrogen-bond donors (Lipinski definition) is 1. The molecule has 2 aromatic rings. The number of aromatic nitrogens is 1. The number of anilines is 2. The maximum absolute atomic E-state index is 12.6. The lowest BCUT2D eigenvalue weighted by atomic mass is 10.00. The second-order valence-electron chi connectivity index (χ2n) is 6.85. The van der Waals surface area contributed by atoms with Crippen molar-refractivity contribution in [1.82, 2.24) is 9.88 Å². The van der Waals surface area contributed by atoms with E-state index >= 15 is 0 Å². The molecule has 1 fully saturated rings. The summed E-state index contributed by atoms with van der Waals surface area (Å²) in [5.74, 6) is 0.896. The van der Waals surface area contributed by atoms with Crippen molar-refractivity contribution in [1.29, 1.82) is 0 Å². The Kier molecular flexibility index (Phi) is 6.06. The number of benzene rings is 1. The molecule has 1 amide bonds. The summed E-state index contributed by atoms with van der Waals surface area (Å²) in [6.45, 7) is 5.93. The number of ether oxygens (including phenoxy) is 1. The summed E-state index contributed by atoms with van der Waals surface area (Å²) in [6, 6.07) is 10.6. The van der Waals surface area contributed by atoms with E-state index in [-0.39, 0.29) is 11.9 Å². The first kappa shape index (κ1) is 18.9. The van der Waals surface area contributed by atoms with Crippen LogP contribution in [0, 0.1) is 5.92 Å². The summed E-state index contributed by atoms with van der Waals surface area (Å²) < 4.78 is 4.97. The van der Waals surface area contributed by atoms with Crippen molar-refractivity contribution in [2.75, 3.05) is 25.0 Å². The first-order chi connectivity index (χ1) is 13.1. The van der Waals surface area contributed by atoms with Crippen molar-refractivity contribution >= 4 is 23.4 Å². The fourth-order valence-corrected chi connectivity index (χ4v) is 3.20. The lowest BCUT2D eigenvalue weighted by molar-refractivity contribution is 0.0526. The fourth-order valence-electron chi connectivity index (χ4n) is 3.20. The minimum atomic E-state index is -0.336. The smallest absolute Gasteiger partial charge is 0.338 e. The topological polar surface area (TPSA) is 71.5 Å². The van der Waals surface area contributed by atoms with E-state index in [4.69, 9.17) is 4.74 Å². The molecule has 2 heterocycles. The van der Waals surface area contributed by atoms with Crippen molar-refractivity contribution in [2.24, 2.45) is 5.92 Å². The molecule has 0 spiro atoms. The SMILES string of the molecule is CCOC(=O)c1ccc(Nc2ccc(C(=O)N3CCCC(C)C3)cn2)cc1. The summed E-state index contributed by atoms with van der Waals surface area (Å²) >= 11 is 0. The highest BCUT2D eigenvalue weighted by Crippen LogP contribution is 2.19. The van der Waals surface area contributed by atoms with Crippen molar-refractivity contribution in [3.8, 4) is 0 Å². The zero-order valence-electron chi connectivity index (χ0n) is 15.8. The molecular formula is C21H25N3O3. The van der Waals surface area contributed by atoms with Gasteiger partial charge in [0.15, 0.2) is 0 Å². The van der Waals surface area contributed by atoms with Crippen LogP contribution in [0.15, 0.2) is 42.6 Å². The van der Waals surface area contributed by atoms with E-state index in [1.54, 1.807) is 49.5 Å². The first-order valence-corrected chi connectivity index (χ1v) is 9.36. The van der Waals surface area contributed by atoms with Crippen LogP contribution in [0.3, 0.4) is 0 Å². The number of carbonyl (C=O) groups is 2. The molecule has 1 atom stereocenters. The summed E-state index contributed by atoms with van der Waals surface area (Å²) in [6.07, 6.45) is 3.85. The average molecular weight is 367 g/mol. The molecule has 1 aromatic heterocycles. The van der Waals surface area contributed by atoms with Crippen LogP contribution < -0.4 is 5.32 Å². The Morgan fingerprint density at radius 1 is 1.19 bits per heavy atom. The van der Waals surface area contributed by atoms with Crippen molar-refractivity contribution < 1.29 is 14.3 Å². The van der Waals surface area contributed by atoms with Crippen LogP contribution in [-0.2, 0) is 4.74 Å².